The van der Waals surface area contributed by atoms with Gasteiger partial charge in [0.15, 0.2) is 0 Å². The van der Waals surface area contributed by atoms with E-state index in [0.29, 0.717) is 38.3 Å². The lowest BCUT2D eigenvalue weighted by atomic mass is 10.0. The van der Waals surface area contributed by atoms with Gasteiger partial charge in [-0.2, -0.15) is 0 Å². The molecule has 36 heavy (non-hydrogen) atoms. The molecule has 0 aliphatic carbocycles. The second kappa shape index (κ2) is 12.7. The Bertz CT molecular complexity index is 917. The number of nitrogens with two attached hydrogens (primary N) is 1. The van der Waals surface area contributed by atoms with Crippen molar-refractivity contribution in [1.29, 1.82) is 0 Å². The van der Waals surface area contributed by atoms with Crippen LogP contribution in [0.15, 0.2) is 24.3 Å². The lowest BCUT2D eigenvalue weighted by Crippen LogP contribution is -2.51. The van der Waals surface area contributed by atoms with Crippen LogP contribution in [0.3, 0.4) is 0 Å². The fourth-order valence-electron chi connectivity index (χ4n) is 3.76. The van der Waals surface area contributed by atoms with Gasteiger partial charge in [-0.3, -0.25) is 9.59 Å². The third kappa shape index (κ3) is 9.49. The average molecular weight is 505 g/mol. The first-order chi connectivity index (χ1) is 16.7. The molecule has 2 rings (SSSR count). The Labute approximate surface area is 213 Å². The van der Waals surface area contributed by atoms with E-state index in [2.05, 4.69) is 5.32 Å². The Balaban J connectivity index is 2.02. The summed E-state index contributed by atoms with van der Waals surface area (Å²) in [5.74, 6) is -0.377. The van der Waals surface area contributed by atoms with Crippen molar-refractivity contribution in [3.8, 4) is 5.75 Å². The minimum absolute atomic E-state index is 0.0126. The molecule has 1 heterocycles. The number of carbonyl (C=O) groups excluding carboxylic acids is 4. The Morgan fingerprint density at radius 1 is 1.00 bits per heavy atom. The standard InChI is InChI=1S/C26H40N4O6/c1-17(2)15-21(27)23(32)28-22(24(33)36-26(4,5)6)16-19-7-9-20(10-8-19)35-25(34)30-13-11-29(12-14-30)18(3)31/h7-10,17,21-22H,11-16,27H2,1-6H3,(H,28,32)/t21-,22-/m0/s1. The molecule has 10 nitrogen and oxygen atoms in total. The summed E-state index contributed by atoms with van der Waals surface area (Å²) in [6.07, 6.45) is 0.205. The number of carbonyl (C=O) groups is 4. The van der Waals surface area contributed by atoms with Crippen LogP contribution in [0, 0.1) is 5.92 Å². The summed E-state index contributed by atoms with van der Waals surface area (Å²) in [6, 6.07) is 5.09. The van der Waals surface area contributed by atoms with Crippen molar-refractivity contribution in [2.45, 2.75) is 72.1 Å². The quantitative estimate of drug-likeness (QED) is 0.518. The number of esters is 1. The number of ether oxygens (including phenoxy) is 2. The zero-order chi connectivity index (χ0) is 27.0. The molecule has 0 saturated carbocycles. The van der Waals surface area contributed by atoms with Crippen LogP contribution < -0.4 is 15.8 Å². The molecule has 0 aromatic heterocycles. The van der Waals surface area contributed by atoms with Crippen LogP contribution in [-0.2, 0) is 25.5 Å². The molecule has 1 aliphatic rings. The monoisotopic (exact) mass is 504 g/mol. The third-order valence-electron chi connectivity index (χ3n) is 5.62. The molecule has 10 heteroatoms. The second-order valence-electron chi connectivity index (χ2n) is 10.5. The lowest BCUT2D eigenvalue weighted by molar-refractivity contribution is -0.158. The Hall–Kier alpha value is -3.14. The number of hydrogen-bond donors (Lipinski definition) is 2. The number of nitrogens with zero attached hydrogens (tertiary/aromatic N) is 2. The average Bonchev–Trinajstić information content (AvgIpc) is 2.78. The van der Waals surface area contributed by atoms with E-state index in [4.69, 9.17) is 15.2 Å². The molecule has 0 radical (unpaired) electrons. The maximum Gasteiger partial charge on any atom is 0.415 e. The molecule has 0 spiro atoms. The molecular formula is C26H40N4O6. The Kier molecular flexibility index (Phi) is 10.3. The molecule has 3 amide bonds. The van der Waals surface area contributed by atoms with Crippen molar-refractivity contribution >= 4 is 23.9 Å². The molecular weight excluding hydrogens is 464 g/mol. The topological polar surface area (TPSA) is 131 Å². The number of piperazine rings is 1. The van der Waals surface area contributed by atoms with Gasteiger partial charge >= 0.3 is 12.1 Å². The van der Waals surface area contributed by atoms with Crippen LogP contribution in [0.1, 0.15) is 53.5 Å². The van der Waals surface area contributed by atoms with Gasteiger partial charge < -0.3 is 30.3 Å². The second-order valence-corrected chi connectivity index (χ2v) is 10.5. The number of nitrogens with one attached hydrogen (secondary N) is 1. The highest BCUT2D eigenvalue weighted by Gasteiger charge is 2.29. The molecule has 1 aliphatic heterocycles. The number of amides is 3. The zero-order valence-corrected chi connectivity index (χ0v) is 22.2. The normalized spacial score (nSPS) is 15.8. The largest absolute Gasteiger partial charge is 0.458 e. The molecule has 1 aromatic rings. The van der Waals surface area contributed by atoms with E-state index in [-0.39, 0.29) is 18.2 Å². The van der Waals surface area contributed by atoms with Crippen LogP contribution in [-0.4, -0.2) is 77.5 Å². The van der Waals surface area contributed by atoms with Crippen molar-refractivity contribution in [2.75, 3.05) is 26.2 Å². The van der Waals surface area contributed by atoms with Gasteiger partial charge in [0.2, 0.25) is 11.8 Å². The number of hydrogen-bond acceptors (Lipinski definition) is 7. The minimum Gasteiger partial charge on any atom is -0.458 e. The van der Waals surface area contributed by atoms with Gasteiger partial charge in [-0.1, -0.05) is 26.0 Å². The highest BCUT2D eigenvalue weighted by Crippen LogP contribution is 2.17. The van der Waals surface area contributed by atoms with E-state index in [1.165, 1.54) is 6.92 Å². The molecule has 2 atom stereocenters. The van der Waals surface area contributed by atoms with E-state index < -0.39 is 35.7 Å². The van der Waals surface area contributed by atoms with Crippen molar-refractivity contribution in [3.05, 3.63) is 29.8 Å². The molecule has 1 saturated heterocycles. The van der Waals surface area contributed by atoms with Gasteiger partial charge in [0.05, 0.1) is 6.04 Å². The van der Waals surface area contributed by atoms with Crippen molar-refractivity contribution in [3.63, 3.8) is 0 Å². The van der Waals surface area contributed by atoms with E-state index in [1.807, 2.05) is 13.8 Å². The summed E-state index contributed by atoms with van der Waals surface area (Å²) in [7, 11) is 0. The van der Waals surface area contributed by atoms with Gasteiger partial charge in [-0.05, 0) is 50.8 Å². The first-order valence-electron chi connectivity index (χ1n) is 12.3. The maximum absolute atomic E-state index is 12.8. The third-order valence-corrected chi connectivity index (χ3v) is 5.62. The fourth-order valence-corrected chi connectivity index (χ4v) is 3.76. The van der Waals surface area contributed by atoms with Crippen LogP contribution in [0.25, 0.3) is 0 Å². The van der Waals surface area contributed by atoms with E-state index in [1.54, 1.807) is 54.8 Å². The van der Waals surface area contributed by atoms with Crippen molar-refractivity contribution < 1.29 is 28.7 Å². The molecule has 0 unspecified atom stereocenters. The molecule has 0 bridgehead atoms. The van der Waals surface area contributed by atoms with Gasteiger partial charge in [0.1, 0.15) is 17.4 Å². The Morgan fingerprint density at radius 2 is 1.56 bits per heavy atom. The molecule has 3 N–H and O–H groups in total. The summed E-state index contributed by atoms with van der Waals surface area (Å²) in [5, 5.41) is 2.74. The van der Waals surface area contributed by atoms with Gasteiger partial charge in [0.25, 0.3) is 0 Å². The first kappa shape index (κ1) is 29.1. The van der Waals surface area contributed by atoms with Gasteiger partial charge in [-0.25, -0.2) is 9.59 Å². The zero-order valence-electron chi connectivity index (χ0n) is 22.2. The predicted octanol–water partition coefficient (Wildman–Crippen LogP) is 2.09. The highest BCUT2D eigenvalue weighted by molar-refractivity contribution is 5.87. The van der Waals surface area contributed by atoms with Crippen LogP contribution in [0.2, 0.25) is 0 Å². The minimum atomic E-state index is -0.916. The van der Waals surface area contributed by atoms with Gasteiger partial charge in [0, 0.05) is 39.5 Å². The smallest absolute Gasteiger partial charge is 0.415 e. The number of benzene rings is 1. The predicted molar refractivity (Wildman–Crippen MR) is 135 cm³/mol. The molecule has 1 aromatic carbocycles. The van der Waals surface area contributed by atoms with Crippen molar-refractivity contribution in [2.24, 2.45) is 11.7 Å². The fraction of sp³-hybridized carbons (Fsp3) is 0.615. The van der Waals surface area contributed by atoms with Crippen molar-refractivity contribution in [1.82, 2.24) is 15.1 Å². The van der Waals surface area contributed by atoms with Gasteiger partial charge in [-0.15, -0.1) is 0 Å². The SMILES string of the molecule is CC(=O)N1CCN(C(=O)Oc2ccc(C[C@H](NC(=O)[C@@H](N)CC(C)C)C(=O)OC(C)(C)C)cc2)CC1. The van der Waals surface area contributed by atoms with E-state index >= 15 is 0 Å². The summed E-state index contributed by atoms with van der Waals surface area (Å²) in [6.45, 7) is 12.5. The summed E-state index contributed by atoms with van der Waals surface area (Å²) in [4.78, 5) is 52.6. The van der Waals surface area contributed by atoms with Crippen LogP contribution >= 0.6 is 0 Å². The molecule has 1 fully saturated rings. The molecule has 200 valence electrons. The highest BCUT2D eigenvalue weighted by atomic mass is 16.6. The van der Waals surface area contributed by atoms with E-state index in [0.717, 1.165) is 5.56 Å². The maximum atomic E-state index is 12.8. The first-order valence-corrected chi connectivity index (χ1v) is 12.3. The van der Waals surface area contributed by atoms with E-state index in [9.17, 15) is 19.2 Å². The lowest BCUT2D eigenvalue weighted by Gasteiger charge is -2.33. The summed E-state index contributed by atoms with van der Waals surface area (Å²) in [5.41, 5.74) is 6.04. The summed E-state index contributed by atoms with van der Waals surface area (Å²) < 4.78 is 11.0. The Morgan fingerprint density at radius 3 is 2.06 bits per heavy atom. The summed E-state index contributed by atoms with van der Waals surface area (Å²) >= 11 is 0. The van der Waals surface area contributed by atoms with Crippen LogP contribution in [0.4, 0.5) is 4.79 Å². The van der Waals surface area contributed by atoms with Crippen LogP contribution in [0.5, 0.6) is 5.75 Å². The number of rotatable bonds is 8.